The summed E-state index contributed by atoms with van der Waals surface area (Å²) in [5.41, 5.74) is 1.34. The summed E-state index contributed by atoms with van der Waals surface area (Å²) in [5, 5.41) is 0. The molecule has 0 unspecified atom stereocenters. The zero-order valence-electron chi connectivity index (χ0n) is 18.9. The number of carbonyl (C=O) groups excluding carboxylic acids is 2. The van der Waals surface area contributed by atoms with Crippen LogP contribution in [0.1, 0.15) is 5.56 Å². The summed E-state index contributed by atoms with van der Waals surface area (Å²) < 4.78 is 34.1. The molecular weight excluding hydrogens is 464 g/mol. The molecule has 178 valence electrons. The number of aromatic nitrogens is 1. The molecule has 1 aliphatic heterocycles. The smallest absolute Gasteiger partial charge is 0.325 e. The number of methoxy groups -OCH3 is 4. The van der Waals surface area contributed by atoms with Gasteiger partial charge in [-0.05, 0) is 23.8 Å². The van der Waals surface area contributed by atoms with Crippen LogP contribution in [-0.2, 0) is 20.9 Å². The molecule has 0 saturated heterocycles. The number of esters is 1. The predicted octanol–water partition coefficient (Wildman–Crippen LogP) is 2.77. The molecule has 2 aromatic carbocycles. The minimum atomic E-state index is -0.515. The average molecular weight is 487 g/mol. The van der Waals surface area contributed by atoms with Crippen LogP contribution in [-0.4, -0.2) is 51.7 Å². The topological polar surface area (TPSA) is 107 Å². The monoisotopic (exact) mass is 486 g/mol. The Labute approximate surface area is 198 Å². The molecule has 0 spiro atoms. The SMILES string of the molecule is COC(=O)Cn1c(=NC(=O)C=Cc2cc(OC)c(OC)c(OC)c2)sc2cc3c(cc21)OCO3. The zero-order chi connectivity index (χ0) is 24.2. The van der Waals surface area contributed by atoms with Crippen LogP contribution in [0.2, 0.25) is 0 Å². The van der Waals surface area contributed by atoms with E-state index in [4.69, 9.17) is 28.4 Å². The molecule has 1 amide bonds. The van der Waals surface area contributed by atoms with Crippen LogP contribution < -0.4 is 28.5 Å². The van der Waals surface area contributed by atoms with Crippen LogP contribution in [0, 0.1) is 0 Å². The Morgan fingerprint density at radius 1 is 1.03 bits per heavy atom. The Kier molecular flexibility index (Phi) is 6.73. The van der Waals surface area contributed by atoms with E-state index in [1.165, 1.54) is 45.9 Å². The van der Waals surface area contributed by atoms with Gasteiger partial charge in [-0.2, -0.15) is 4.99 Å². The van der Waals surface area contributed by atoms with Crippen molar-refractivity contribution in [1.82, 2.24) is 4.57 Å². The number of benzene rings is 2. The molecule has 0 bridgehead atoms. The lowest BCUT2D eigenvalue weighted by molar-refractivity contribution is -0.141. The Morgan fingerprint density at radius 3 is 2.32 bits per heavy atom. The number of nitrogens with zero attached hydrogens (tertiary/aromatic N) is 2. The lowest BCUT2D eigenvalue weighted by Crippen LogP contribution is -2.22. The Hall–Kier alpha value is -3.99. The van der Waals surface area contributed by atoms with Gasteiger partial charge in [-0.1, -0.05) is 11.3 Å². The quantitative estimate of drug-likeness (QED) is 0.371. The summed E-state index contributed by atoms with van der Waals surface area (Å²) in [6.07, 6.45) is 2.91. The lowest BCUT2D eigenvalue weighted by Gasteiger charge is -2.12. The van der Waals surface area contributed by atoms with Crippen molar-refractivity contribution in [3.8, 4) is 28.7 Å². The molecule has 0 radical (unpaired) electrons. The fourth-order valence-electron chi connectivity index (χ4n) is 3.39. The van der Waals surface area contributed by atoms with Crippen LogP contribution in [0.5, 0.6) is 28.7 Å². The molecule has 1 aliphatic rings. The van der Waals surface area contributed by atoms with E-state index in [1.54, 1.807) is 34.9 Å². The third-order valence-corrected chi connectivity index (χ3v) is 6.04. The maximum Gasteiger partial charge on any atom is 0.325 e. The van der Waals surface area contributed by atoms with E-state index >= 15 is 0 Å². The van der Waals surface area contributed by atoms with Crippen molar-refractivity contribution in [2.45, 2.75) is 6.54 Å². The van der Waals surface area contributed by atoms with E-state index in [0.717, 1.165) is 4.70 Å². The minimum Gasteiger partial charge on any atom is -0.493 e. The van der Waals surface area contributed by atoms with Crippen molar-refractivity contribution in [1.29, 1.82) is 0 Å². The first kappa shape index (κ1) is 23.2. The Balaban J connectivity index is 1.71. The molecule has 11 heteroatoms. The molecule has 3 aromatic rings. The van der Waals surface area contributed by atoms with Gasteiger partial charge in [0.25, 0.3) is 5.91 Å². The average Bonchev–Trinajstić information content (AvgIpc) is 3.43. The van der Waals surface area contributed by atoms with E-state index in [9.17, 15) is 9.59 Å². The molecule has 34 heavy (non-hydrogen) atoms. The Morgan fingerprint density at radius 2 is 1.71 bits per heavy atom. The Bertz CT molecular complexity index is 1330. The molecule has 0 fully saturated rings. The van der Waals surface area contributed by atoms with Crippen molar-refractivity contribution in [3.63, 3.8) is 0 Å². The summed E-state index contributed by atoms with van der Waals surface area (Å²) in [6.45, 7) is 0.0178. The van der Waals surface area contributed by atoms with Crippen molar-refractivity contribution >= 4 is 39.5 Å². The van der Waals surface area contributed by atoms with Gasteiger partial charge in [0, 0.05) is 18.2 Å². The van der Waals surface area contributed by atoms with E-state index in [0.29, 0.717) is 44.6 Å². The number of amides is 1. The summed E-state index contributed by atoms with van der Waals surface area (Å²) in [7, 11) is 5.84. The van der Waals surface area contributed by atoms with Crippen LogP contribution in [0.15, 0.2) is 35.3 Å². The van der Waals surface area contributed by atoms with Crippen molar-refractivity contribution in [2.75, 3.05) is 35.2 Å². The van der Waals surface area contributed by atoms with Gasteiger partial charge in [-0.25, -0.2) is 0 Å². The van der Waals surface area contributed by atoms with Gasteiger partial charge in [0.15, 0.2) is 27.8 Å². The molecule has 2 heterocycles. The van der Waals surface area contributed by atoms with Gasteiger partial charge in [0.05, 0.1) is 38.7 Å². The van der Waals surface area contributed by atoms with Crippen molar-refractivity contribution in [2.24, 2.45) is 4.99 Å². The third kappa shape index (κ3) is 4.55. The largest absolute Gasteiger partial charge is 0.493 e. The van der Waals surface area contributed by atoms with Gasteiger partial charge in [0.2, 0.25) is 12.5 Å². The highest BCUT2D eigenvalue weighted by atomic mass is 32.1. The number of carbonyl (C=O) groups is 2. The van der Waals surface area contributed by atoms with E-state index < -0.39 is 11.9 Å². The first-order valence-corrected chi connectivity index (χ1v) is 10.9. The van der Waals surface area contributed by atoms with Gasteiger partial charge in [-0.3, -0.25) is 9.59 Å². The maximum atomic E-state index is 12.7. The lowest BCUT2D eigenvalue weighted by atomic mass is 10.1. The predicted molar refractivity (Wildman–Crippen MR) is 124 cm³/mol. The number of hydrogen-bond donors (Lipinski definition) is 0. The van der Waals surface area contributed by atoms with Gasteiger partial charge < -0.3 is 33.0 Å². The minimum absolute atomic E-state index is 0.112. The molecule has 0 saturated carbocycles. The van der Waals surface area contributed by atoms with Crippen molar-refractivity contribution in [3.05, 3.63) is 40.7 Å². The number of thiazole rings is 1. The molecular formula is C23H22N2O8S. The second-order valence-corrected chi connectivity index (χ2v) is 7.97. The standard InChI is InChI=1S/C23H22N2O8S/c1-28-17-7-13(8-18(29-2)22(17)31-4)5-6-20(26)24-23-25(11-21(27)30-3)14-9-15-16(33-12-32-15)10-19(14)34-23/h5-10H,11-12H2,1-4H3. The number of rotatable bonds is 7. The van der Waals surface area contributed by atoms with Gasteiger partial charge in [0.1, 0.15) is 6.54 Å². The first-order chi connectivity index (χ1) is 16.5. The second kappa shape index (κ2) is 9.87. The van der Waals surface area contributed by atoms with Crippen LogP contribution in [0.25, 0.3) is 16.3 Å². The zero-order valence-corrected chi connectivity index (χ0v) is 19.8. The highest BCUT2D eigenvalue weighted by molar-refractivity contribution is 7.16. The molecule has 0 atom stereocenters. The number of hydrogen-bond acceptors (Lipinski definition) is 9. The summed E-state index contributed by atoms with van der Waals surface area (Å²) in [5.74, 6) is 1.54. The fourth-order valence-corrected chi connectivity index (χ4v) is 4.43. The van der Waals surface area contributed by atoms with Crippen LogP contribution in [0.3, 0.4) is 0 Å². The summed E-state index contributed by atoms with van der Waals surface area (Å²) in [6, 6.07) is 6.98. The van der Waals surface area contributed by atoms with E-state index in [1.807, 2.05) is 0 Å². The maximum absolute atomic E-state index is 12.7. The molecule has 4 rings (SSSR count). The van der Waals surface area contributed by atoms with Crippen molar-refractivity contribution < 1.29 is 38.0 Å². The van der Waals surface area contributed by atoms with E-state index in [-0.39, 0.29) is 13.3 Å². The van der Waals surface area contributed by atoms with E-state index in [2.05, 4.69) is 4.99 Å². The molecule has 0 aliphatic carbocycles. The summed E-state index contributed by atoms with van der Waals surface area (Å²) in [4.78, 5) is 29.2. The van der Waals surface area contributed by atoms with Crippen LogP contribution >= 0.6 is 11.3 Å². The molecule has 0 N–H and O–H groups in total. The number of fused-ring (bicyclic) bond motifs is 2. The third-order valence-electron chi connectivity index (χ3n) is 5.00. The second-order valence-electron chi connectivity index (χ2n) is 6.96. The van der Waals surface area contributed by atoms with Crippen LogP contribution in [0.4, 0.5) is 0 Å². The summed E-state index contributed by atoms with van der Waals surface area (Å²) >= 11 is 1.25. The highest BCUT2D eigenvalue weighted by Gasteiger charge is 2.19. The normalized spacial score (nSPS) is 12.9. The highest BCUT2D eigenvalue weighted by Crippen LogP contribution is 2.39. The molecule has 1 aromatic heterocycles. The van der Waals surface area contributed by atoms with Gasteiger partial charge in [-0.15, -0.1) is 0 Å². The molecule has 10 nitrogen and oxygen atoms in total. The fraction of sp³-hybridized carbons (Fsp3) is 0.261. The first-order valence-electron chi connectivity index (χ1n) is 10.0. The number of ether oxygens (including phenoxy) is 6. The van der Waals surface area contributed by atoms with Gasteiger partial charge >= 0.3 is 5.97 Å².